The third-order valence-corrected chi connectivity index (χ3v) is 11.8. The van der Waals surface area contributed by atoms with Crippen LogP contribution in [0.5, 0.6) is 23.0 Å². The SMILES string of the molecule is COc1ccc(C(OC[C@H]2O[C@@H](n3cc(C)c(=O)[nH]c3=O)C[C@@H]2OC(c2ccccc2)(c2ccc(OC)cc2)c2ccc(OC)cc2)(c2ccccc2)c2ccc(OC)cc2)cc1. The zero-order chi connectivity index (χ0) is 44.0. The number of aromatic amines is 1. The molecule has 1 saturated heterocycles. The van der Waals surface area contributed by atoms with E-state index in [2.05, 4.69) is 4.98 Å². The minimum atomic E-state index is -1.23. The molecule has 1 N–H and O–H groups in total. The van der Waals surface area contributed by atoms with Crippen molar-refractivity contribution in [2.24, 2.45) is 0 Å². The molecule has 1 fully saturated rings. The van der Waals surface area contributed by atoms with Crippen LogP contribution in [-0.4, -0.2) is 56.8 Å². The molecular weight excluding hydrogens is 797 g/mol. The highest BCUT2D eigenvalue weighted by Crippen LogP contribution is 2.47. The van der Waals surface area contributed by atoms with Crippen molar-refractivity contribution in [1.82, 2.24) is 9.55 Å². The number of benzene rings is 6. The summed E-state index contributed by atoms with van der Waals surface area (Å²) in [4.78, 5) is 28.6. The van der Waals surface area contributed by atoms with E-state index in [0.717, 1.165) is 33.4 Å². The lowest BCUT2D eigenvalue weighted by molar-refractivity contribution is -0.126. The normalized spacial score (nSPS) is 16.4. The molecule has 322 valence electrons. The average molecular weight is 847 g/mol. The zero-order valence-corrected chi connectivity index (χ0v) is 35.9. The van der Waals surface area contributed by atoms with Gasteiger partial charge in [-0.15, -0.1) is 0 Å². The Morgan fingerprint density at radius 2 is 0.937 bits per heavy atom. The molecule has 0 amide bonds. The molecule has 0 spiro atoms. The minimum absolute atomic E-state index is 0.00129. The Morgan fingerprint density at radius 3 is 1.35 bits per heavy atom. The fourth-order valence-electron chi connectivity index (χ4n) is 8.48. The van der Waals surface area contributed by atoms with Gasteiger partial charge in [0.15, 0.2) is 0 Å². The first-order chi connectivity index (χ1) is 30.7. The number of aryl methyl sites for hydroxylation is 1. The van der Waals surface area contributed by atoms with Crippen molar-refractivity contribution in [2.45, 2.75) is 43.0 Å². The lowest BCUT2D eigenvalue weighted by Crippen LogP contribution is -2.43. The van der Waals surface area contributed by atoms with Gasteiger partial charge in [-0.2, -0.15) is 0 Å². The van der Waals surface area contributed by atoms with Crippen molar-refractivity contribution in [1.29, 1.82) is 0 Å². The van der Waals surface area contributed by atoms with Crippen LogP contribution in [0.25, 0.3) is 0 Å². The summed E-state index contributed by atoms with van der Waals surface area (Å²) in [5.41, 5.74) is 1.97. The summed E-state index contributed by atoms with van der Waals surface area (Å²) in [6, 6.07) is 51.3. The number of hydrogen-bond acceptors (Lipinski definition) is 9. The van der Waals surface area contributed by atoms with Crippen molar-refractivity contribution in [3.63, 3.8) is 0 Å². The topological polar surface area (TPSA) is 119 Å². The van der Waals surface area contributed by atoms with E-state index in [1.807, 2.05) is 158 Å². The first kappa shape index (κ1) is 42.8. The highest BCUT2D eigenvalue weighted by Gasteiger charge is 2.48. The van der Waals surface area contributed by atoms with E-state index in [-0.39, 0.29) is 13.0 Å². The summed E-state index contributed by atoms with van der Waals surface area (Å²) in [6.45, 7) is 1.66. The quantitative estimate of drug-likeness (QED) is 0.0955. The standard InChI is InChI=1S/C52H50N2O9/c1-35-33-54(50(56)53-49(35)55)48-32-46(63-52(37-14-10-7-11-15-37,40-20-28-44(59-4)29-21-40)41-22-30-45(60-5)31-23-41)47(62-48)34-61-51(36-12-8-6-9-13-36,38-16-24-42(57-2)25-17-38)39-18-26-43(58-3)27-19-39/h6-31,33,46-48H,32,34H2,1-5H3,(H,53,55,56)/t46-,47+,48+/m0/s1. The molecule has 0 saturated carbocycles. The number of rotatable bonds is 16. The third-order valence-electron chi connectivity index (χ3n) is 11.8. The van der Waals surface area contributed by atoms with Gasteiger partial charge in [-0.05, 0) is 88.8 Å². The third kappa shape index (κ3) is 8.38. The molecule has 0 aliphatic carbocycles. The van der Waals surface area contributed by atoms with Gasteiger partial charge in [0.2, 0.25) is 0 Å². The molecule has 11 nitrogen and oxygen atoms in total. The van der Waals surface area contributed by atoms with Gasteiger partial charge in [-0.25, -0.2) is 4.79 Å². The number of nitrogens with one attached hydrogen (secondary N) is 1. The van der Waals surface area contributed by atoms with Crippen molar-refractivity contribution >= 4 is 0 Å². The summed E-state index contributed by atoms with van der Waals surface area (Å²) >= 11 is 0. The van der Waals surface area contributed by atoms with Crippen LogP contribution in [0.1, 0.15) is 51.6 Å². The van der Waals surface area contributed by atoms with E-state index >= 15 is 0 Å². The average Bonchev–Trinajstić information content (AvgIpc) is 3.74. The van der Waals surface area contributed by atoms with Crippen LogP contribution in [-0.2, 0) is 25.4 Å². The fraction of sp³-hybridized carbons (Fsp3) is 0.231. The Labute approximate surface area is 366 Å². The molecule has 3 atom stereocenters. The van der Waals surface area contributed by atoms with Crippen LogP contribution in [0.15, 0.2) is 174 Å². The minimum Gasteiger partial charge on any atom is -0.497 e. The molecule has 1 aliphatic heterocycles. The highest BCUT2D eigenvalue weighted by atomic mass is 16.6. The van der Waals surface area contributed by atoms with Gasteiger partial charge in [0, 0.05) is 18.2 Å². The molecule has 1 aliphatic rings. The highest BCUT2D eigenvalue weighted by molar-refractivity contribution is 5.51. The van der Waals surface area contributed by atoms with Crippen LogP contribution in [0.2, 0.25) is 0 Å². The van der Waals surface area contributed by atoms with E-state index < -0.39 is 40.9 Å². The molecule has 0 unspecified atom stereocenters. The maximum Gasteiger partial charge on any atom is 0.330 e. The van der Waals surface area contributed by atoms with Crippen LogP contribution < -0.4 is 30.2 Å². The zero-order valence-electron chi connectivity index (χ0n) is 35.9. The van der Waals surface area contributed by atoms with Crippen LogP contribution in [0, 0.1) is 6.92 Å². The fourth-order valence-corrected chi connectivity index (χ4v) is 8.48. The Kier molecular flexibility index (Phi) is 12.6. The number of hydrogen-bond donors (Lipinski definition) is 1. The molecule has 63 heavy (non-hydrogen) atoms. The molecule has 0 radical (unpaired) electrons. The van der Waals surface area contributed by atoms with E-state index in [0.29, 0.717) is 28.6 Å². The number of ether oxygens (including phenoxy) is 7. The van der Waals surface area contributed by atoms with Gasteiger partial charge < -0.3 is 33.2 Å². The van der Waals surface area contributed by atoms with E-state index in [1.54, 1.807) is 35.4 Å². The van der Waals surface area contributed by atoms with Gasteiger partial charge in [0.25, 0.3) is 5.56 Å². The van der Waals surface area contributed by atoms with E-state index in [9.17, 15) is 9.59 Å². The smallest absolute Gasteiger partial charge is 0.330 e. The van der Waals surface area contributed by atoms with E-state index in [1.165, 1.54) is 10.8 Å². The lowest BCUT2D eigenvalue weighted by atomic mass is 9.79. The monoisotopic (exact) mass is 846 g/mol. The van der Waals surface area contributed by atoms with Crippen LogP contribution >= 0.6 is 0 Å². The first-order valence-corrected chi connectivity index (χ1v) is 20.7. The molecule has 6 aromatic carbocycles. The summed E-state index contributed by atoms with van der Waals surface area (Å²) in [6.07, 6.45) is -0.553. The second kappa shape index (κ2) is 18.6. The van der Waals surface area contributed by atoms with Gasteiger partial charge in [-0.1, -0.05) is 109 Å². The molecule has 1 aromatic heterocycles. The van der Waals surface area contributed by atoms with Crippen molar-refractivity contribution in [3.8, 4) is 23.0 Å². The molecule has 0 bridgehead atoms. The number of aromatic nitrogens is 2. The Hall–Kier alpha value is -6.92. The molecule has 11 heteroatoms. The van der Waals surface area contributed by atoms with Gasteiger partial charge in [0.05, 0.1) is 41.2 Å². The molecular formula is C52H50N2O9. The predicted molar refractivity (Wildman–Crippen MR) is 240 cm³/mol. The van der Waals surface area contributed by atoms with Crippen molar-refractivity contribution < 1.29 is 33.2 Å². The lowest BCUT2D eigenvalue weighted by Gasteiger charge is -2.40. The summed E-state index contributed by atoms with van der Waals surface area (Å²) in [5, 5.41) is 0. The second-order valence-electron chi connectivity index (χ2n) is 15.3. The maximum absolute atomic E-state index is 13.6. The molecule has 2 heterocycles. The number of H-pyrrole nitrogens is 1. The summed E-state index contributed by atoms with van der Waals surface area (Å²) in [7, 11) is 6.54. The van der Waals surface area contributed by atoms with Crippen LogP contribution in [0.4, 0.5) is 0 Å². The predicted octanol–water partition coefficient (Wildman–Crippen LogP) is 8.55. The van der Waals surface area contributed by atoms with Gasteiger partial charge >= 0.3 is 5.69 Å². The molecule has 8 rings (SSSR count). The summed E-state index contributed by atoms with van der Waals surface area (Å²) < 4.78 is 45.9. The second-order valence-corrected chi connectivity index (χ2v) is 15.3. The Bertz CT molecular complexity index is 2610. The molecule has 7 aromatic rings. The summed E-state index contributed by atoms with van der Waals surface area (Å²) in [5.74, 6) is 2.77. The Balaban J connectivity index is 1.31. The van der Waals surface area contributed by atoms with Gasteiger partial charge in [-0.3, -0.25) is 14.3 Å². The van der Waals surface area contributed by atoms with Crippen molar-refractivity contribution in [2.75, 3.05) is 35.0 Å². The largest absolute Gasteiger partial charge is 0.497 e. The first-order valence-electron chi connectivity index (χ1n) is 20.7. The number of nitrogens with zero attached hydrogens (tertiary/aromatic N) is 1. The van der Waals surface area contributed by atoms with E-state index in [4.69, 9.17) is 33.2 Å². The van der Waals surface area contributed by atoms with Crippen molar-refractivity contribution in [3.05, 3.63) is 224 Å². The van der Waals surface area contributed by atoms with Gasteiger partial charge in [0.1, 0.15) is 46.5 Å². The Morgan fingerprint density at radius 1 is 0.556 bits per heavy atom. The number of methoxy groups -OCH3 is 4. The maximum atomic E-state index is 13.6. The van der Waals surface area contributed by atoms with Crippen LogP contribution in [0.3, 0.4) is 0 Å².